The van der Waals surface area contributed by atoms with E-state index in [0.29, 0.717) is 12.2 Å². The van der Waals surface area contributed by atoms with Crippen molar-refractivity contribution in [1.82, 2.24) is 0 Å². The molecule has 2 aromatic rings. The molecule has 0 bridgehead atoms. The highest BCUT2D eigenvalue weighted by Crippen LogP contribution is 2.35. The van der Waals surface area contributed by atoms with Crippen LogP contribution < -0.4 is 10.1 Å². The maximum atomic E-state index is 11.3. The number of rotatable bonds is 6. The van der Waals surface area contributed by atoms with E-state index < -0.39 is 4.92 Å². The van der Waals surface area contributed by atoms with Gasteiger partial charge in [0.1, 0.15) is 12.3 Å². The average molecular weight is 351 g/mol. The summed E-state index contributed by atoms with van der Waals surface area (Å²) in [5.74, 6) is 0.265. The summed E-state index contributed by atoms with van der Waals surface area (Å²) >= 11 is 3.36. The van der Waals surface area contributed by atoms with Crippen LogP contribution in [0.4, 0.5) is 11.4 Å². The average Bonchev–Trinajstić information content (AvgIpc) is 2.47. The van der Waals surface area contributed by atoms with Crippen molar-refractivity contribution < 1.29 is 9.66 Å². The summed E-state index contributed by atoms with van der Waals surface area (Å²) in [6.07, 6.45) is 0. The lowest BCUT2D eigenvalue weighted by atomic mass is 10.2. The molecular weight excluding hydrogens is 336 g/mol. The molecule has 0 fully saturated rings. The number of benzene rings is 2. The topological polar surface area (TPSA) is 64.4 Å². The van der Waals surface area contributed by atoms with Gasteiger partial charge in [0.25, 0.3) is 0 Å². The number of para-hydroxylation sites is 1. The van der Waals surface area contributed by atoms with Gasteiger partial charge in [0, 0.05) is 11.0 Å². The second-order valence-corrected chi connectivity index (χ2v) is 5.27. The molecule has 2 aromatic carbocycles. The zero-order valence-corrected chi connectivity index (χ0v) is 13.1. The number of nitro groups is 1. The van der Waals surface area contributed by atoms with Crippen molar-refractivity contribution in [2.45, 2.75) is 13.5 Å². The van der Waals surface area contributed by atoms with Crippen LogP contribution in [-0.4, -0.2) is 11.5 Å². The lowest BCUT2D eigenvalue weighted by Crippen LogP contribution is -2.04. The minimum absolute atomic E-state index is 0.0311. The van der Waals surface area contributed by atoms with Crippen LogP contribution >= 0.6 is 15.9 Å². The minimum Gasteiger partial charge on any atom is -0.482 e. The summed E-state index contributed by atoms with van der Waals surface area (Å²) in [6.45, 7) is 2.78. The minimum atomic E-state index is -0.422. The van der Waals surface area contributed by atoms with Gasteiger partial charge in [0.05, 0.1) is 4.92 Å². The molecule has 0 aromatic heterocycles. The summed E-state index contributed by atoms with van der Waals surface area (Å²) in [6, 6.07) is 12.6. The Hall–Kier alpha value is -2.08. The Morgan fingerprint density at radius 2 is 1.95 bits per heavy atom. The summed E-state index contributed by atoms with van der Waals surface area (Å²) in [4.78, 5) is 10.8. The molecule has 0 heterocycles. The van der Waals surface area contributed by atoms with Crippen LogP contribution in [0.15, 0.2) is 46.9 Å². The molecule has 5 nitrogen and oxygen atoms in total. The number of anilines is 1. The zero-order chi connectivity index (χ0) is 15.2. The number of nitro benzene ring substituents is 1. The molecule has 2 rings (SSSR count). The van der Waals surface area contributed by atoms with Crippen molar-refractivity contribution in [2.75, 3.05) is 11.9 Å². The van der Waals surface area contributed by atoms with E-state index in [-0.39, 0.29) is 18.0 Å². The molecule has 0 aliphatic carbocycles. The molecule has 0 unspecified atom stereocenters. The highest BCUT2D eigenvalue weighted by atomic mass is 79.9. The van der Waals surface area contributed by atoms with Crippen molar-refractivity contribution >= 4 is 27.3 Å². The van der Waals surface area contributed by atoms with Crippen LogP contribution in [0.2, 0.25) is 0 Å². The Balaban J connectivity index is 2.21. The second-order valence-electron chi connectivity index (χ2n) is 4.35. The molecule has 21 heavy (non-hydrogen) atoms. The maximum Gasteiger partial charge on any atom is 0.333 e. The van der Waals surface area contributed by atoms with E-state index in [9.17, 15) is 10.1 Å². The highest BCUT2D eigenvalue weighted by molar-refractivity contribution is 9.10. The van der Waals surface area contributed by atoms with Gasteiger partial charge in [-0.3, -0.25) is 10.1 Å². The van der Waals surface area contributed by atoms with Gasteiger partial charge < -0.3 is 10.1 Å². The van der Waals surface area contributed by atoms with Crippen LogP contribution in [0.3, 0.4) is 0 Å². The van der Waals surface area contributed by atoms with Gasteiger partial charge in [-0.1, -0.05) is 34.1 Å². The lowest BCUT2D eigenvalue weighted by Gasteiger charge is -2.10. The molecule has 0 aliphatic heterocycles. The molecule has 0 radical (unpaired) electrons. The first kappa shape index (κ1) is 15.3. The fraction of sp³-hybridized carbons (Fsp3) is 0.200. The Kier molecular flexibility index (Phi) is 5.16. The molecule has 110 valence electrons. The molecule has 1 N–H and O–H groups in total. The number of nitrogens with zero attached hydrogens (tertiary/aromatic N) is 1. The van der Waals surface area contributed by atoms with Crippen molar-refractivity contribution in [3.8, 4) is 5.75 Å². The van der Waals surface area contributed by atoms with E-state index in [1.54, 1.807) is 18.2 Å². The highest BCUT2D eigenvalue weighted by Gasteiger charge is 2.20. The van der Waals surface area contributed by atoms with Crippen molar-refractivity contribution in [1.29, 1.82) is 0 Å². The standard InChI is InChI=1S/C15H15BrN2O3/c1-2-17-13-4-3-5-14(15(13)18(19)20)21-10-11-6-8-12(16)9-7-11/h3-9,17H,2,10H2,1H3. The summed E-state index contributed by atoms with van der Waals surface area (Å²) in [5.41, 5.74) is 1.38. The Morgan fingerprint density at radius 3 is 2.57 bits per heavy atom. The maximum absolute atomic E-state index is 11.3. The predicted octanol–water partition coefficient (Wildman–Crippen LogP) is 4.37. The molecule has 0 aliphatic rings. The van der Waals surface area contributed by atoms with E-state index in [2.05, 4.69) is 21.2 Å². The SMILES string of the molecule is CCNc1cccc(OCc2ccc(Br)cc2)c1[N+](=O)[O-]. The summed E-state index contributed by atoms with van der Waals surface area (Å²) < 4.78 is 6.59. The molecule has 0 atom stereocenters. The summed E-state index contributed by atoms with van der Waals surface area (Å²) in [7, 11) is 0. The van der Waals surface area contributed by atoms with Gasteiger partial charge in [-0.25, -0.2) is 0 Å². The number of hydrogen-bond acceptors (Lipinski definition) is 4. The largest absolute Gasteiger partial charge is 0.482 e. The zero-order valence-electron chi connectivity index (χ0n) is 11.5. The van der Waals surface area contributed by atoms with Crippen LogP contribution in [0.5, 0.6) is 5.75 Å². The predicted molar refractivity (Wildman–Crippen MR) is 85.7 cm³/mol. The van der Waals surface area contributed by atoms with Gasteiger partial charge in [0.15, 0.2) is 5.75 Å². The van der Waals surface area contributed by atoms with Crippen molar-refractivity contribution in [2.24, 2.45) is 0 Å². The van der Waals surface area contributed by atoms with Crippen LogP contribution in [0, 0.1) is 10.1 Å². The third-order valence-corrected chi connectivity index (χ3v) is 3.39. The van der Waals surface area contributed by atoms with Gasteiger partial charge >= 0.3 is 5.69 Å². The third kappa shape index (κ3) is 3.95. The lowest BCUT2D eigenvalue weighted by molar-refractivity contribution is -0.385. The van der Waals surface area contributed by atoms with E-state index in [1.807, 2.05) is 31.2 Å². The number of ether oxygens (including phenoxy) is 1. The molecule has 0 amide bonds. The smallest absolute Gasteiger partial charge is 0.333 e. The van der Waals surface area contributed by atoms with Gasteiger partial charge in [-0.15, -0.1) is 0 Å². The van der Waals surface area contributed by atoms with Gasteiger partial charge in [-0.2, -0.15) is 0 Å². The van der Waals surface area contributed by atoms with Gasteiger partial charge in [0.2, 0.25) is 0 Å². The molecular formula is C15H15BrN2O3. The number of nitrogens with one attached hydrogen (secondary N) is 1. The van der Waals surface area contributed by atoms with E-state index in [0.717, 1.165) is 10.0 Å². The third-order valence-electron chi connectivity index (χ3n) is 2.86. The number of hydrogen-bond donors (Lipinski definition) is 1. The Bertz CT molecular complexity index is 629. The quantitative estimate of drug-likeness (QED) is 0.620. The van der Waals surface area contributed by atoms with Crippen molar-refractivity contribution in [3.05, 3.63) is 62.6 Å². The monoisotopic (exact) mass is 350 g/mol. The molecule has 0 saturated heterocycles. The van der Waals surface area contributed by atoms with Crippen LogP contribution in [0.1, 0.15) is 12.5 Å². The number of halogens is 1. The first-order valence-corrected chi connectivity index (χ1v) is 7.29. The second kappa shape index (κ2) is 7.08. The first-order chi connectivity index (χ1) is 10.1. The Morgan fingerprint density at radius 1 is 1.24 bits per heavy atom. The fourth-order valence-corrected chi connectivity index (χ4v) is 2.17. The van der Waals surface area contributed by atoms with Crippen molar-refractivity contribution in [3.63, 3.8) is 0 Å². The van der Waals surface area contributed by atoms with Gasteiger partial charge in [-0.05, 0) is 36.8 Å². The van der Waals surface area contributed by atoms with Crippen LogP contribution in [0.25, 0.3) is 0 Å². The van der Waals surface area contributed by atoms with E-state index >= 15 is 0 Å². The van der Waals surface area contributed by atoms with Crippen LogP contribution in [-0.2, 0) is 6.61 Å². The molecule has 6 heteroatoms. The fourth-order valence-electron chi connectivity index (χ4n) is 1.90. The first-order valence-electron chi connectivity index (χ1n) is 6.50. The van der Waals surface area contributed by atoms with E-state index in [4.69, 9.17) is 4.74 Å². The Labute approximate surface area is 131 Å². The van der Waals surface area contributed by atoms with E-state index in [1.165, 1.54) is 0 Å². The summed E-state index contributed by atoms with van der Waals surface area (Å²) in [5, 5.41) is 14.2. The molecule has 0 spiro atoms. The molecule has 0 saturated carbocycles. The normalized spacial score (nSPS) is 10.2.